The van der Waals surface area contributed by atoms with E-state index in [9.17, 15) is 0 Å². The van der Waals surface area contributed by atoms with Gasteiger partial charge in [0.2, 0.25) is 5.95 Å². The molecule has 0 saturated heterocycles. The summed E-state index contributed by atoms with van der Waals surface area (Å²) in [6.45, 7) is 1.33. The number of pyridine rings is 1. The van der Waals surface area contributed by atoms with Gasteiger partial charge in [0.25, 0.3) is 0 Å². The molecule has 2 aromatic rings. The zero-order valence-corrected chi connectivity index (χ0v) is 9.12. The molecule has 0 saturated carbocycles. The third-order valence-electron chi connectivity index (χ3n) is 2.13. The van der Waals surface area contributed by atoms with Gasteiger partial charge < -0.3 is 15.6 Å². The van der Waals surface area contributed by atoms with Crippen LogP contribution in [0, 0.1) is 0 Å². The van der Waals surface area contributed by atoms with Crippen LogP contribution in [0.5, 0.6) is 0 Å². The lowest BCUT2D eigenvalue weighted by Crippen LogP contribution is -2.25. The fourth-order valence-corrected chi connectivity index (χ4v) is 1.48. The standard InChI is InChI=1S/C9H12ClN5/c1-15(5-4-11)9-12-6-2-3-7(10)13-8(6)14-9/h2-3H,4-5,11H2,1H3,(H,12,13,14). The molecule has 0 unspecified atom stereocenters. The number of nitrogens with one attached hydrogen (secondary N) is 1. The first-order chi connectivity index (χ1) is 7.20. The number of nitrogens with two attached hydrogens (primary N) is 1. The molecule has 2 heterocycles. The topological polar surface area (TPSA) is 70.8 Å². The first kappa shape index (κ1) is 10.2. The Kier molecular flexibility index (Phi) is 2.75. The maximum absolute atomic E-state index is 5.77. The number of nitrogens with zero attached hydrogens (tertiary/aromatic N) is 3. The van der Waals surface area contributed by atoms with Gasteiger partial charge in [-0.25, -0.2) is 4.98 Å². The molecule has 2 aromatic heterocycles. The van der Waals surface area contributed by atoms with Gasteiger partial charge in [-0.1, -0.05) is 11.6 Å². The number of anilines is 1. The van der Waals surface area contributed by atoms with E-state index < -0.39 is 0 Å². The largest absolute Gasteiger partial charge is 0.344 e. The van der Waals surface area contributed by atoms with E-state index in [-0.39, 0.29) is 0 Å². The minimum Gasteiger partial charge on any atom is -0.344 e. The molecule has 0 atom stereocenters. The molecule has 5 nitrogen and oxygen atoms in total. The van der Waals surface area contributed by atoms with Crippen LogP contribution >= 0.6 is 11.6 Å². The summed E-state index contributed by atoms with van der Waals surface area (Å²) < 4.78 is 0. The van der Waals surface area contributed by atoms with Gasteiger partial charge in [0.1, 0.15) is 5.15 Å². The summed E-state index contributed by atoms with van der Waals surface area (Å²) in [7, 11) is 1.92. The number of hydrogen-bond donors (Lipinski definition) is 2. The molecule has 0 aliphatic rings. The smallest absolute Gasteiger partial charge is 0.205 e. The van der Waals surface area contributed by atoms with E-state index in [1.165, 1.54) is 0 Å². The van der Waals surface area contributed by atoms with Crippen molar-refractivity contribution in [2.75, 3.05) is 25.0 Å². The van der Waals surface area contributed by atoms with Crippen molar-refractivity contribution in [3.05, 3.63) is 17.3 Å². The van der Waals surface area contributed by atoms with Gasteiger partial charge in [0, 0.05) is 20.1 Å². The van der Waals surface area contributed by atoms with Crippen molar-refractivity contribution in [3.63, 3.8) is 0 Å². The highest BCUT2D eigenvalue weighted by molar-refractivity contribution is 6.29. The van der Waals surface area contributed by atoms with Crippen LogP contribution in [0.4, 0.5) is 5.95 Å². The molecule has 2 rings (SSSR count). The molecule has 80 valence electrons. The lowest BCUT2D eigenvalue weighted by atomic mass is 10.4. The highest BCUT2D eigenvalue weighted by atomic mass is 35.5. The Morgan fingerprint density at radius 3 is 3.00 bits per heavy atom. The lowest BCUT2D eigenvalue weighted by Gasteiger charge is -2.13. The predicted molar refractivity (Wildman–Crippen MR) is 61.2 cm³/mol. The molecule has 15 heavy (non-hydrogen) atoms. The SMILES string of the molecule is CN(CCN)c1nc2nc(Cl)ccc2[nH]1. The van der Waals surface area contributed by atoms with Crippen molar-refractivity contribution in [1.29, 1.82) is 0 Å². The Balaban J connectivity index is 2.38. The van der Waals surface area contributed by atoms with Crippen LogP contribution < -0.4 is 10.6 Å². The summed E-state index contributed by atoms with van der Waals surface area (Å²) >= 11 is 5.77. The number of rotatable bonds is 3. The van der Waals surface area contributed by atoms with Crippen molar-refractivity contribution in [2.45, 2.75) is 0 Å². The Morgan fingerprint density at radius 2 is 2.27 bits per heavy atom. The Hall–Kier alpha value is -1.33. The van der Waals surface area contributed by atoms with E-state index in [0.717, 1.165) is 18.0 Å². The van der Waals surface area contributed by atoms with Gasteiger partial charge in [0.15, 0.2) is 5.65 Å². The van der Waals surface area contributed by atoms with Crippen LogP contribution in [0.15, 0.2) is 12.1 Å². The molecule has 0 bridgehead atoms. The summed E-state index contributed by atoms with van der Waals surface area (Å²) in [5, 5.41) is 0.446. The van der Waals surface area contributed by atoms with E-state index in [2.05, 4.69) is 15.0 Å². The van der Waals surface area contributed by atoms with Gasteiger partial charge in [-0.15, -0.1) is 0 Å². The summed E-state index contributed by atoms with van der Waals surface area (Å²) in [4.78, 5) is 13.5. The summed E-state index contributed by atoms with van der Waals surface area (Å²) in [6, 6.07) is 3.59. The molecule has 0 aliphatic heterocycles. The van der Waals surface area contributed by atoms with E-state index in [1.54, 1.807) is 6.07 Å². The Morgan fingerprint density at radius 1 is 1.47 bits per heavy atom. The first-order valence-electron chi connectivity index (χ1n) is 4.64. The van der Waals surface area contributed by atoms with Crippen molar-refractivity contribution >= 4 is 28.7 Å². The van der Waals surface area contributed by atoms with E-state index in [4.69, 9.17) is 17.3 Å². The third kappa shape index (κ3) is 2.03. The van der Waals surface area contributed by atoms with Crippen molar-refractivity contribution in [1.82, 2.24) is 15.0 Å². The number of H-pyrrole nitrogens is 1. The fraction of sp³-hybridized carbons (Fsp3) is 0.333. The number of aromatic nitrogens is 3. The normalized spacial score (nSPS) is 10.9. The van der Waals surface area contributed by atoms with Crippen molar-refractivity contribution < 1.29 is 0 Å². The number of likely N-dealkylation sites (N-methyl/N-ethyl adjacent to an activating group) is 1. The van der Waals surface area contributed by atoms with Gasteiger partial charge >= 0.3 is 0 Å². The second-order valence-corrected chi connectivity index (χ2v) is 3.66. The first-order valence-corrected chi connectivity index (χ1v) is 5.02. The maximum atomic E-state index is 5.77. The Labute approximate surface area is 92.3 Å². The predicted octanol–water partition coefficient (Wildman–Crippen LogP) is 1.01. The number of fused-ring (bicyclic) bond motifs is 1. The summed E-state index contributed by atoms with van der Waals surface area (Å²) in [6.07, 6.45) is 0. The van der Waals surface area contributed by atoms with Crippen molar-refractivity contribution in [2.24, 2.45) is 5.73 Å². The van der Waals surface area contributed by atoms with Gasteiger partial charge in [-0.3, -0.25) is 0 Å². The number of imidazole rings is 1. The quantitative estimate of drug-likeness (QED) is 0.765. The van der Waals surface area contributed by atoms with Crippen LogP contribution in [-0.2, 0) is 0 Å². The van der Waals surface area contributed by atoms with Crippen LogP contribution in [-0.4, -0.2) is 35.1 Å². The van der Waals surface area contributed by atoms with Gasteiger partial charge in [-0.2, -0.15) is 4.98 Å². The Bertz CT molecular complexity index is 466. The molecular weight excluding hydrogens is 214 g/mol. The van der Waals surface area contributed by atoms with E-state index in [1.807, 2.05) is 18.0 Å². The van der Waals surface area contributed by atoms with E-state index >= 15 is 0 Å². The molecule has 6 heteroatoms. The molecule has 0 radical (unpaired) electrons. The maximum Gasteiger partial charge on any atom is 0.205 e. The van der Waals surface area contributed by atoms with E-state index in [0.29, 0.717) is 17.3 Å². The molecule has 0 aromatic carbocycles. The molecular formula is C9H12ClN5. The third-order valence-corrected chi connectivity index (χ3v) is 2.34. The second kappa shape index (κ2) is 4.04. The number of hydrogen-bond acceptors (Lipinski definition) is 4. The van der Waals surface area contributed by atoms with Gasteiger partial charge in [-0.05, 0) is 12.1 Å². The molecule has 3 N–H and O–H groups in total. The molecule has 0 fully saturated rings. The summed E-state index contributed by atoms with van der Waals surface area (Å²) in [5.41, 5.74) is 6.96. The molecule has 0 aliphatic carbocycles. The van der Waals surface area contributed by atoms with Crippen LogP contribution in [0.2, 0.25) is 5.15 Å². The second-order valence-electron chi connectivity index (χ2n) is 3.28. The van der Waals surface area contributed by atoms with Crippen LogP contribution in [0.1, 0.15) is 0 Å². The van der Waals surface area contributed by atoms with Crippen LogP contribution in [0.25, 0.3) is 11.2 Å². The minimum absolute atomic E-state index is 0.446. The zero-order valence-electron chi connectivity index (χ0n) is 8.37. The molecule has 0 amide bonds. The fourth-order valence-electron chi connectivity index (χ4n) is 1.34. The monoisotopic (exact) mass is 225 g/mol. The summed E-state index contributed by atoms with van der Waals surface area (Å²) in [5.74, 6) is 0.755. The zero-order chi connectivity index (χ0) is 10.8. The lowest BCUT2D eigenvalue weighted by molar-refractivity contribution is 0.858. The highest BCUT2D eigenvalue weighted by Crippen LogP contribution is 2.16. The van der Waals surface area contributed by atoms with Gasteiger partial charge in [0.05, 0.1) is 5.52 Å². The minimum atomic E-state index is 0.446. The number of halogens is 1. The average molecular weight is 226 g/mol. The van der Waals surface area contributed by atoms with Crippen molar-refractivity contribution in [3.8, 4) is 0 Å². The van der Waals surface area contributed by atoms with Crippen LogP contribution in [0.3, 0.4) is 0 Å². The molecule has 0 spiro atoms. The number of aromatic amines is 1. The average Bonchev–Trinajstić information content (AvgIpc) is 2.60. The highest BCUT2D eigenvalue weighted by Gasteiger charge is 2.07.